The van der Waals surface area contributed by atoms with Crippen LogP contribution >= 0.6 is 0 Å². The summed E-state index contributed by atoms with van der Waals surface area (Å²) in [6, 6.07) is 0.971. The Balaban J connectivity index is 1.38. The van der Waals surface area contributed by atoms with Crippen LogP contribution in [0.3, 0.4) is 0 Å². The van der Waals surface area contributed by atoms with Crippen LogP contribution in [0.5, 0.6) is 0 Å². The fourth-order valence-electron chi connectivity index (χ4n) is 4.60. The van der Waals surface area contributed by atoms with Gasteiger partial charge in [-0.2, -0.15) is 0 Å². The van der Waals surface area contributed by atoms with Crippen molar-refractivity contribution >= 4 is 5.91 Å². The van der Waals surface area contributed by atoms with Crippen molar-refractivity contribution in [1.82, 2.24) is 5.32 Å². The normalized spacial score (nSPS) is 34.2. The monoisotopic (exact) mass is 325 g/mol. The van der Waals surface area contributed by atoms with Crippen molar-refractivity contribution in [3.63, 3.8) is 0 Å². The van der Waals surface area contributed by atoms with E-state index in [9.17, 15) is 4.79 Å². The van der Waals surface area contributed by atoms with Crippen LogP contribution < -0.4 is 15.1 Å². The summed E-state index contributed by atoms with van der Waals surface area (Å²) in [5.74, 6) is 0.205. The van der Waals surface area contributed by atoms with Crippen molar-refractivity contribution in [2.75, 3.05) is 39.3 Å². The number of nitrogens with one attached hydrogen (secondary N) is 3. The van der Waals surface area contributed by atoms with E-state index in [4.69, 9.17) is 4.74 Å². The molecule has 132 valence electrons. The molecule has 1 amide bonds. The number of amides is 1. The number of carbonyl (C=O) groups is 1. The summed E-state index contributed by atoms with van der Waals surface area (Å²) in [5.41, 5.74) is 0. The topological polar surface area (TPSA) is 47.2 Å². The molecule has 0 unspecified atom stereocenters. The minimum absolute atomic E-state index is 0.0734. The molecule has 0 radical (unpaired) electrons. The zero-order valence-electron chi connectivity index (χ0n) is 14.7. The Morgan fingerprint density at radius 2 is 1.83 bits per heavy atom. The van der Waals surface area contributed by atoms with Gasteiger partial charge in [0.15, 0.2) is 6.04 Å². The van der Waals surface area contributed by atoms with Gasteiger partial charge in [0.2, 0.25) is 0 Å². The molecule has 2 saturated heterocycles. The first-order chi connectivity index (χ1) is 11.2. The molecule has 1 saturated carbocycles. The Morgan fingerprint density at radius 1 is 1.09 bits per heavy atom. The highest BCUT2D eigenvalue weighted by Crippen LogP contribution is 2.15. The van der Waals surface area contributed by atoms with Gasteiger partial charge in [-0.3, -0.25) is 4.79 Å². The predicted octanol–water partition coefficient (Wildman–Crippen LogP) is -1.21. The smallest absolute Gasteiger partial charge is 0.278 e. The van der Waals surface area contributed by atoms with Gasteiger partial charge in [0, 0.05) is 13.2 Å². The molecular formula is C18H35N3O2+2. The second-order valence-corrected chi connectivity index (χ2v) is 7.75. The molecule has 5 heteroatoms. The Kier molecular flexibility index (Phi) is 6.31. The van der Waals surface area contributed by atoms with Crippen LogP contribution in [-0.2, 0) is 9.53 Å². The van der Waals surface area contributed by atoms with Gasteiger partial charge < -0.3 is 19.9 Å². The van der Waals surface area contributed by atoms with E-state index in [1.807, 2.05) is 0 Å². The average molecular weight is 325 g/mol. The Hall–Kier alpha value is -0.650. The van der Waals surface area contributed by atoms with Crippen molar-refractivity contribution in [2.45, 2.75) is 70.1 Å². The van der Waals surface area contributed by atoms with E-state index in [2.05, 4.69) is 12.2 Å². The Morgan fingerprint density at radius 3 is 2.48 bits per heavy atom. The molecule has 1 aliphatic carbocycles. The summed E-state index contributed by atoms with van der Waals surface area (Å²) in [6.07, 6.45) is 9.58. The first-order valence-corrected chi connectivity index (χ1v) is 9.82. The predicted molar refractivity (Wildman–Crippen MR) is 89.7 cm³/mol. The molecule has 3 fully saturated rings. The molecule has 3 aliphatic rings. The number of piperazine rings is 1. The van der Waals surface area contributed by atoms with Crippen LogP contribution in [0, 0.1) is 0 Å². The highest BCUT2D eigenvalue weighted by molar-refractivity contribution is 5.79. The molecule has 5 nitrogen and oxygen atoms in total. The van der Waals surface area contributed by atoms with Crippen LogP contribution in [0.15, 0.2) is 0 Å². The molecule has 23 heavy (non-hydrogen) atoms. The molecule has 0 aromatic carbocycles. The lowest BCUT2D eigenvalue weighted by Crippen LogP contribution is -3.31. The number of carbonyl (C=O) groups excluding carboxylic acids is 1. The van der Waals surface area contributed by atoms with Crippen LogP contribution in [0.25, 0.3) is 0 Å². The van der Waals surface area contributed by atoms with Gasteiger partial charge in [-0.25, -0.2) is 0 Å². The lowest BCUT2D eigenvalue weighted by atomic mass is 9.94. The first kappa shape index (κ1) is 17.2. The largest absolute Gasteiger partial charge is 0.376 e. The minimum Gasteiger partial charge on any atom is -0.376 e. The standard InChI is InChI=1S/C18H33N3O2/c1-15(18(22)19-14-17-8-5-13-23-17)20-9-11-21(12-10-20)16-6-3-2-4-7-16/h15-17H,2-14H2,1H3,(H,19,22)/p+2/t15-,17+/m0/s1. The van der Waals surface area contributed by atoms with E-state index in [-0.39, 0.29) is 18.1 Å². The van der Waals surface area contributed by atoms with Crippen molar-refractivity contribution in [2.24, 2.45) is 0 Å². The van der Waals surface area contributed by atoms with Crippen molar-refractivity contribution in [1.29, 1.82) is 0 Å². The SMILES string of the molecule is C[C@@H](C(=O)NC[C@H]1CCCO1)[NH+]1CC[NH+](C2CCCCC2)CC1. The second kappa shape index (κ2) is 8.45. The van der Waals surface area contributed by atoms with Gasteiger partial charge in [-0.1, -0.05) is 6.42 Å². The van der Waals surface area contributed by atoms with E-state index >= 15 is 0 Å². The third-order valence-corrected chi connectivity index (χ3v) is 6.25. The molecular weight excluding hydrogens is 290 g/mol. The zero-order chi connectivity index (χ0) is 16.1. The molecule has 0 bridgehead atoms. The molecule has 0 aromatic rings. The Labute approximate surface area is 140 Å². The molecule has 2 heterocycles. The number of ether oxygens (including phenoxy) is 1. The fraction of sp³-hybridized carbons (Fsp3) is 0.944. The van der Waals surface area contributed by atoms with Gasteiger partial charge in [-0.15, -0.1) is 0 Å². The van der Waals surface area contributed by atoms with Crippen LogP contribution in [0.4, 0.5) is 0 Å². The summed E-state index contributed by atoms with van der Waals surface area (Å²) in [6.45, 7) is 8.39. The molecule has 3 rings (SSSR count). The molecule has 2 aliphatic heterocycles. The summed E-state index contributed by atoms with van der Waals surface area (Å²) >= 11 is 0. The summed E-state index contributed by atoms with van der Waals surface area (Å²) in [7, 11) is 0. The highest BCUT2D eigenvalue weighted by Gasteiger charge is 2.34. The molecule has 0 spiro atoms. The lowest BCUT2D eigenvalue weighted by Gasteiger charge is -2.37. The summed E-state index contributed by atoms with van der Waals surface area (Å²) in [4.78, 5) is 15.7. The second-order valence-electron chi connectivity index (χ2n) is 7.75. The summed E-state index contributed by atoms with van der Waals surface area (Å²) in [5, 5.41) is 3.10. The maximum atomic E-state index is 12.4. The molecule has 3 N–H and O–H groups in total. The first-order valence-electron chi connectivity index (χ1n) is 9.82. The number of hydrogen-bond donors (Lipinski definition) is 3. The average Bonchev–Trinajstić information content (AvgIpc) is 3.13. The van der Waals surface area contributed by atoms with Crippen molar-refractivity contribution < 1.29 is 19.3 Å². The minimum atomic E-state index is 0.0734. The summed E-state index contributed by atoms with van der Waals surface area (Å²) < 4.78 is 5.58. The highest BCUT2D eigenvalue weighted by atomic mass is 16.5. The third-order valence-electron chi connectivity index (χ3n) is 6.25. The van der Waals surface area contributed by atoms with Crippen LogP contribution in [-0.4, -0.2) is 63.4 Å². The Bertz CT molecular complexity index is 370. The lowest BCUT2D eigenvalue weighted by molar-refractivity contribution is -1.03. The van der Waals surface area contributed by atoms with Gasteiger partial charge in [0.1, 0.15) is 26.2 Å². The van der Waals surface area contributed by atoms with E-state index in [0.29, 0.717) is 6.54 Å². The van der Waals surface area contributed by atoms with Gasteiger partial charge in [0.25, 0.3) is 5.91 Å². The van der Waals surface area contributed by atoms with Crippen LogP contribution in [0.2, 0.25) is 0 Å². The van der Waals surface area contributed by atoms with Gasteiger partial charge in [-0.05, 0) is 45.4 Å². The maximum absolute atomic E-state index is 12.4. The number of quaternary nitrogens is 2. The van der Waals surface area contributed by atoms with Crippen molar-refractivity contribution in [3.05, 3.63) is 0 Å². The van der Waals surface area contributed by atoms with E-state index in [1.54, 1.807) is 4.90 Å². The molecule has 0 aromatic heterocycles. The van der Waals surface area contributed by atoms with E-state index in [0.717, 1.165) is 38.6 Å². The van der Waals surface area contributed by atoms with Gasteiger partial charge in [0.05, 0.1) is 12.1 Å². The van der Waals surface area contributed by atoms with E-state index in [1.165, 1.54) is 50.1 Å². The van der Waals surface area contributed by atoms with Gasteiger partial charge >= 0.3 is 0 Å². The van der Waals surface area contributed by atoms with E-state index < -0.39 is 0 Å². The molecule has 2 atom stereocenters. The van der Waals surface area contributed by atoms with Crippen LogP contribution in [0.1, 0.15) is 51.9 Å². The quantitative estimate of drug-likeness (QED) is 0.594. The fourth-order valence-corrected chi connectivity index (χ4v) is 4.60. The van der Waals surface area contributed by atoms with Crippen molar-refractivity contribution in [3.8, 4) is 0 Å². The number of hydrogen-bond acceptors (Lipinski definition) is 2. The maximum Gasteiger partial charge on any atom is 0.278 e. The third kappa shape index (κ3) is 4.68. The zero-order valence-corrected chi connectivity index (χ0v) is 14.7. The number of rotatable bonds is 5.